The minimum atomic E-state index is -4.64. The molecule has 0 aromatic rings. The molecule has 0 saturated carbocycles. The molecular weight excluding hydrogens is 737 g/mol. The lowest BCUT2D eigenvalue weighted by molar-refractivity contribution is -0.870. The van der Waals surface area contributed by atoms with Gasteiger partial charge in [0.25, 0.3) is 7.82 Å². The molecule has 0 saturated heterocycles. The number of hydrogen-bond acceptors (Lipinski definition) is 8. The highest BCUT2D eigenvalue weighted by molar-refractivity contribution is 7.45. The number of phosphoric acid groups is 1. The molecule has 2 atom stereocenters. The van der Waals surface area contributed by atoms with Crippen LogP contribution in [0, 0.1) is 0 Å². The second-order valence-corrected chi connectivity index (χ2v) is 17.4. The lowest BCUT2D eigenvalue weighted by Crippen LogP contribution is -2.37. The number of carbonyl (C=O) groups is 2. The molecule has 0 N–H and O–H groups in total. The van der Waals surface area contributed by atoms with Gasteiger partial charge in [0.1, 0.15) is 19.8 Å². The summed E-state index contributed by atoms with van der Waals surface area (Å²) < 4.78 is 33.8. The second kappa shape index (κ2) is 39.2. The fraction of sp³-hybridized carbons (Fsp3) is 0.745. The normalized spacial score (nSPS) is 14.1. The van der Waals surface area contributed by atoms with Crippen LogP contribution in [0.2, 0.25) is 0 Å². The van der Waals surface area contributed by atoms with E-state index < -0.39 is 32.5 Å². The Labute approximate surface area is 349 Å². The summed E-state index contributed by atoms with van der Waals surface area (Å²) >= 11 is 0. The maximum atomic E-state index is 12.6. The quantitative estimate of drug-likeness (QED) is 0.0197. The molecule has 0 radical (unpaired) electrons. The van der Waals surface area contributed by atoms with Gasteiger partial charge in [-0.15, -0.1) is 0 Å². The van der Waals surface area contributed by atoms with Crippen LogP contribution >= 0.6 is 7.82 Å². The van der Waals surface area contributed by atoms with Gasteiger partial charge in [-0.1, -0.05) is 158 Å². The van der Waals surface area contributed by atoms with E-state index in [4.69, 9.17) is 18.5 Å². The summed E-state index contributed by atoms with van der Waals surface area (Å²) in [4.78, 5) is 37.5. The van der Waals surface area contributed by atoms with Crippen molar-refractivity contribution in [2.24, 2.45) is 0 Å². The Morgan fingerprint density at radius 1 is 0.561 bits per heavy atom. The topological polar surface area (TPSA) is 111 Å². The third-order valence-corrected chi connectivity index (χ3v) is 10.2. The van der Waals surface area contributed by atoms with Gasteiger partial charge in [0.15, 0.2) is 6.10 Å². The van der Waals surface area contributed by atoms with Crippen molar-refractivity contribution in [2.45, 2.75) is 180 Å². The highest BCUT2D eigenvalue weighted by Crippen LogP contribution is 2.38. The Hall–Kier alpha value is -2.29. The predicted molar refractivity (Wildman–Crippen MR) is 236 cm³/mol. The molecular formula is C47H84NO8P. The molecule has 0 aliphatic carbocycles. The molecule has 0 aliphatic rings. The van der Waals surface area contributed by atoms with Crippen LogP contribution in [0.25, 0.3) is 0 Å². The van der Waals surface area contributed by atoms with E-state index in [9.17, 15) is 19.0 Å². The number of unbranched alkanes of at least 4 members (excludes halogenated alkanes) is 16. The van der Waals surface area contributed by atoms with Crippen molar-refractivity contribution in [1.29, 1.82) is 0 Å². The fourth-order valence-electron chi connectivity index (χ4n) is 5.78. The zero-order valence-corrected chi connectivity index (χ0v) is 37.9. The number of rotatable bonds is 40. The molecule has 57 heavy (non-hydrogen) atoms. The van der Waals surface area contributed by atoms with Crippen LogP contribution in [0.1, 0.15) is 174 Å². The largest absolute Gasteiger partial charge is 0.756 e. The molecule has 0 heterocycles. The Morgan fingerprint density at radius 2 is 1.04 bits per heavy atom. The lowest BCUT2D eigenvalue weighted by atomic mass is 10.1. The van der Waals surface area contributed by atoms with Gasteiger partial charge in [0.2, 0.25) is 0 Å². The maximum Gasteiger partial charge on any atom is 0.306 e. The minimum Gasteiger partial charge on any atom is -0.756 e. The third-order valence-electron chi connectivity index (χ3n) is 9.29. The van der Waals surface area contributed by atoms with Crippen molar-refractivity contribution in [3.63, 3.8) is 0 Å². The second-order valence-electron chi connectivity index (χ2n) is 16.0. The van der Waals surface area contributed by atoms with Crippen molar-refractivity contribution >= 4 is 19.8 Å². The Balaban J connectivity index is 4.36. The van der Waals surface area contributed by atoms with Crippen molar-refractivity contribution in [3.8, 4) is 0 Å². The van der Waals surface area contributed by atoms with E-state index in [1.165, 1.54) is 77.0 Å². The molecule has 0 bridgehead atoms. The van der Waals surface area contributed by atoms with Gasteiger partial charge in [-0.25, -0.2) is 0 Å². The van der Waals surface area contributed by atoms with Gasteiger partial charge in [0.05, 0.1) is 27.7 Å². The standard InChI is InChI=1S/C47H84NO8P/c1-6-8-10-12-14-16-18-20-21-22-23-24-25-26-28-29-31-33-35-37-39-46(49)53-43-45(44-55-57(51,52)54-42-41-48(3,4)5)56-47(50)40-38-36-34-32-30-27-19-17-15-13-11-9-7-2/h8,10,14,16,20-21,27,30,34,36,45H,6-7,9,11-13,15,17-19,22-26,28-29,31-33,35,37-44H2,1-5H3/b10-8+,16-14+,21-20+,30-27+,36-34+. The molecule has 10 heteroatoms. The molecule has 0 rings (SSSR count). The van der Waals surface area contributed by atoms with E-state index in [0.717, 1.165) is 64.2 Å². The van der Waals surface area contributed by atoms with Gasteiger partial charge >= 0.3 is 11.9 Å². The lowest BCUT2D eigenvalue weighted by Gasteiger charge is -2.28. The van der Waals surface area contributed by atoms with Crippen molar-refractivity contribution in [3.05, 3.63) is 60.8 Å². The average Bonchev–Trinajstić information content (AvgIpc) is 3.16. The van der Waals surface area contributed by atoms with Gasteiger partial charge in [-0.05, 0) is 64.2 Å². The number of allylic oxidation sites excluding steroid dienone is 10. The molecule has 0 aliphatic heterocycles. The van der Waals surface area contributed by atoms with E-state index in [1.54, 1.807) is 0 Å². The molecule has 0 amide bonds. The monoisotopic (exact) mass is 822 g/mol. The van der Waals surface area contributed by atoms with Gasteiger partial charge in [-0.2, -0.15) is 0 Å². The van der Waals surface area contributed by atoms with Crippen LogP contribution in [-0.2, 0) is 32.7 Å². The highest BCUT2D eigenvalue weighted by Gasteiger charge is 2.21. The summed E-state index contributed by atoms with van der Waals surface area (Å²) in [6, 6.07) is 0. The minimum absolute atomic E-state index is 0.0427. The number of quaternary nitrogens is 1. The van der Waals surface area contributed by atoms with E-state index in [2.05, 4.69) is 62.5 Å². The van der Waals surface area contributed by atoms with Crippen molar-refractivity contribution < 1.29 is 42.1 Å². The van der Waals surface area contributed by atoms with Crippen molar-refractivity contribution in [1.82, 2.24) is 0 Å². The first kappa shape index (κ1) is 54.7. The zero-order chi connectivity index (χ0) is 42.1. The van der Waals surface area contributed by atoms with E-state index >= 15 is 0 Å². The van der Waals surface area contributed by atoms with Gasteiger partial charge in [0, 0.05) is 12.8 Å². The Kier molecular flexibility index (Phi) is 37.6. The zero-order valence-electron chi connectivity index (χ0n) is 37.0. The number of likely N-dealkylation sites (N-methyl/N-ethyl adjacent to an activating group) is 1. The van der Waals surface area contributed by atoms with Crippen LogP contribution in [0.4, 0.5) is 0 Å². The molecule has 9 nitrogen and oxygen atoms in total. The average molecular weight is 822 g/mol. The van der Waals surface area contributed by atoms with Crippen LogP contribution < -0.4 is 4.89 Å². The van der Waals surface area contributed by atoms with Crippen LogP contribution in [0.5, 0.6) is 0 Å². The fourth-order valence-corrected chi connectivity index (χ4v) is 6.51. The SMILES string of the molecule is CC/C=C/C/C=C/C/C=C/CCCCCCCCCCCCC(=O)OCC(COP(=O)([O-])OCC[N+](C)(C)C)OC(=O)CC/C=C/C/C=C/CCCCCCCC. The number of esters is 2. The molecule has 0 aromatic heterocycles. The Morgan fingerprint density at radius 3 is 1.56 bits per heavy atom. The molecule has 0 spiro atoms. The smallest absolute Gasteiger partial charge is 0.306 e. The van der Waals surface area contributed by atoms with Crippen LogP contribution in [-0.4, -0.2) is 70.0 Å². The van der Waals surface area contributed by atoms with Gasteiger partial charge < -0.3 is 27.9 Å². The third kappa shape index (κ3) is 43.1. The van der Waals surface area contributed by atoms with E-state index in [0.29, 0.717) is 17.4 Å². The van der Waals surface area contributed by atoms with Crippen LogP contribution in [0.15, 0.2) is 60.8 Å². The molecule has 0 aromatic carbocycles. The number of nitrogens with zero attached hydrogens (tertiary/aromatic N) is 1. The number of ether oxygens (including phenoxy) is 2. The first-order valence-corrected chi connectivity index (χ1v) is 24.0. The summed E-state index contributed by atoms with van der Waals surface area (Å²) in [6.45, 7) is 4.03. The number of hydrogen-bond donors (Lipinski definition) is 0. The number of carbonyl (C=O) groups excluding carboxylic acids is 2. The van der Waals surface area contributed by atoms with E-state index in [-0.39, 0.29) is 26.1 Å². The predicted octanol–water partition coefficient (Wildman–Crippen LogP) is 12.2. The molecule has 330 valence electrons. The number of phosphoric ester groups is 1. The first-order valence-electron chi connectivity index (χ1n) is 22.5. The maximum absolute atomic E-state index is 12.6. The summed E-state index contributed by atoms with van der Waals surface area (Å²) in [5.74, 6) is -0.920. The molecule has 0 fully saturated rings. The molecule has 2 unspecified atom stereocenters. The first-order chi connectivity index (χ1) is 27.5. The van der Waals surface area contributed by atoms with Crippen molar-refractivity contribution in [2.75, 3.05) is 47.5 Å². The summed E-state index contributed by atoms with van der Waals surface area (Å²) in [5, 5.41) is 0. The van der Waals surface area contributed by atoms with Gasteiger partial charge in [-0.3, -0.25) is 14.2 Å². The highest BCUT2D eigenvalue weighted by atomic mass is 31.2. The van der Waals surface area contributed by atoms with E-state index in [1.807, 2.05) is 33.3 Å². The van der Waals surface area contributed by atoms with Crippen LogP contribution in [0.3, 0.4) is 0 Å². The summed E-state index contributed by atoms with van der Waals surface area (Å²) in [5.41, 5.74) is 0. The summed E-state index contributed by atoms with van der Waals surface area (Å²) in [7, 11) is 1.13. The Bertz CT molecular complexity index is 1160. The summed E-state index contributed by atoms with van der Waals surface area (Å²) in [6.07, 6.45) is 46.9.